The fourth-order valence-corrected chi connectivity index (χ4v) is 2.33. The first-order chi connectivity index (χ1) is 12.5. The van der Waals surface area contributed by atoms with Gasteiger partial charge in [-0.05, 0) is 55.7 Å². The topological polar surface area (TPSA) is 64.2 Å². The van der Waals surface area contributed by atoms with E-state index < -0.39 is 0 Å². The number of benzene rings is 1. The Labute approximate surface area is 154 Å². The van der Waals surface area contributed by atoms with Gasteiger partial charge in [0.15, 0.2) is 0 Å². The number of rotatable bonds is 8. The van der Waals surface area contributed by atoms with Crippen LogP contribution in [0.4, 0.5) is 0 Å². The fourth-order valence-electron chi connectivity index (χ4n) is 2.33. The van der Waals surface area contributed by atoms with Gasteiger partial charge in [-0.3, -0.25) is 5.10 Å². The van der Waals surface area contributed by atoms with Crippen LogP contribution >= 0.6 is 0 Å². The third kappa shape index (κ3) is 5.34. The highest BCUT2D eigenvalue weighted by Gasteiger charge is 2.08. The standard InChI is InChI=1S/C21H26N2O3/c1-5-6-13-26-16(3)8-7-15(2)19-14-20(23-22-19)17-9-11-18(12-10-17)21(24)25-4/h7-12,14H,5-6,13H2,1-4H3,(H,22,23)/b15-7+,16-8+. The highest BCUT2D eigenvalue weighted by atomic mass is 16.5. The Kier molecular flexibility index (Phi) is 7.21. The van der Waals surface area contributed by atoms with Crippen LogP contribution in [0.25, 0.3) is 16.8 Å². The maximum absolute atomic E-state index is 11.5. The van der Waals surface area contributed by atoms with Gasteiger partial charge in [-0.15, -0.1) is 0 Å². The number of methoxy groups -OCH3 is 1. The van der Waals surface area contributed by atoms with Crippen molar-refractivity contribution in [2.45, 2.75) is 33.6 Å². The van der Waals surface area contributed by atoms with Crippen molar-refractivity contribution in [1.29, 1.82) is 0 Å². The number of hydrogen-bond donors (Lipinski definition) is 1. The molecule has 1 N–H and O–H groups in total. The van der Waals surface area contributed by atoms with Gasteiger partial charge in [0, 0.05) is 0 Å². The highest BCUT2D eigenvalue weighted by molar-refractivity contribution is 5.89. The van der Waals surface area contributed by atoms with Crippen molar-refractivity contribution in [1.82, 2.24) is 10.2 Å². The molecule has 2 rings (SSSR count). The number of esters is 1. The number of unbranched alkanes of at least 4 members (excludes halogenated alkanes) is 1. The fraction of sp³-hybridized carbons (Fsp3) is 0.333. The van der Waals surface area contributed by atoms with E-state index in [-0.39, 0.29) is 5.97 Å². The second-order valence-corrected chi connectivity index (χ2v) is 6.06. The molecule has 0 aliphatic carbocycles. The number of nitrogens with zero attached hydrogens (tertiary/aromatic N) is 1. The number of carbonyl (C=O) groups is 1. The van der Waals surface area contributed by atoms with Gasteiger partial charge in [-0.1, -0.05) is 31.6 Å². The summed E-state index contributed by atoms with van der Waals surface area (Å²) in [5, 5.41) is 7.40. The van der Waals surface area contributed by atoms with Crippen molar-refractivity contribution in [3.8, 4) is 11.3 Å². The predicted molar refractivity (Wildman–Crippen MR) is 104 cm³/mol. The smallest absolute Gasteiger partial charge is 0.337 e. The minimum absolute atomic E-state index is 0.344. The van der Waals surface area contributed by atoms with E-state index in [1.165, 1.54) is 7.11 Å². The van der Waals surface area contributed by atoms with Crippen LogP contribution in [0.1, 0.15) is 49.7 Å². The Bertz CT molecular complexity index is 786. The Morgan fingerprint density at radius 2 is 1.92 bits per heavy atom. The molecule has 0 amide bonds. The van der Waals surface area contributed by atoms with E-state index in [4.69, 9.17) is 9.47 Å². The van der Waals surface area contributed by atoms with E-state index in [1.807, 2.05) is 44.2 Å². The summed E-state index contributed by atoms with van der Waals surface area (Å²) >= 11 is 0. The number of ether oxygens (including phenoxy) is 2. The molecular weight excluding hydrogens is 328 g/mol. The monoisotopic (exact) mass is 354 g/mol. The summed E-state index contributed by atoms with van der Waals surface area (Å²) < 4.78 is 10.3. The molecule has 1 aromatic heterocycles. The number of H-pyrrole nitrogens is 1. The number of carbonyl (C=O) groups excluding carboxylic acids is 1. The molecule has 5 nitrogen and oxygen atoms in total. The summed E-state index contributed by atoms with van der Waals surface area (Å²) in [6.07, 6.45) is 6.15. The molecule has 138 valence electrons. The molecule has 0 fully saturated rings. The summed E-state index contributed by atoms with van der Waals surface area (Å²) in [4.78, 5) is 11.5. The number of aromatic amines is 1. The van der Waals surface area contributed by atoms with E-state index >= 15 is 0 Å². The Balaban J connectivity index is 2.07. The van der Waals surface area contributed by atoms with Gasteiger partial charge in [0.25, 0.3) is 0 Å². The largest absolute Gasteiger partial charge is 0.498 e. The van der Waals surface area contributed by atoms with Crippen molar-refractivity contribution >= 4 is 11.5 Å². The number of allylic oxidation sites excluding steroid dienone is 4. The first-order valence-corrected chi connectivity index (χ1v) is 8.77. The minimum Gasteiger partial charge on any atom is -0.498 e. The zero-order chi connectivity index (χ0) is 18.9. The van der Waals surface area contributed by atoms with E-state index in [0.29, 0.717) is 5.56 Å². The van der Waals surface area contributed by atoms with Crippen molar-refractivity contribution in [3.63, 3.8) is 0 Å². The summed E-state index contributed by atoms with van der Waals surface area (Å²) in [6.45, 7) is 6.86. The first-order valence-electron chi connectivity index (χ1n) is 8.77. The lowest BCUT2D eigenvalue weighted by atomic mass is 10.1. The molecule has 0 unspecified atom stereocenters. The van der Waals surface area contributed by atoms with Gasteiger partial charge < -0.3 is 9.47 Å². The van der Waals surface area contributed by atoms with Crippen LogP contribution in [0.3, 0.4) is 0 Å². The van der Waals surface area contributed by atoms with E-state index in [2.05, 4.69) is 17.1 Å². The minimum atomic E-state index is -0.344. The quantitative estimate of drug-likeness (QED) is 0.314. The molecule has 1 heterocycles. The predicted octanol–water partition coefficient (Wildman–Crippen LogP) is 4.99. The molecule has 0 aliphatic rings. The molecule has 26 heavy (non-hydrogen) atoms. The molecular formula is C21H26N2O3. The SMILES string of the molecule is CCCCO/C(C)=C/C=C(\C)c1cc(-c2ccc(C(=O)OC)cc2)[nH]n1. The van der Waals surface area contributed by atoms with Crippen molar-refractivity contribution in [3.05, 3.63) is 59.5 Å². The lowest BCUT2D eigenvalue weighted by molar-refractivity contribution is 0.0600. The van der Waals surface area contributed by atoms with Crippen LogP contribution in [-0.4, -0.2) is 29.9 Å². The molecule has 0 atom stereocenters. The summed E-state index contributed by atoms with van der Waals surface area (Å²) in [6, 6.07) is 9.21. The van der Waals surface area contributed by atoms with E-state index in [1.54, 1.807) is 12.1 Å². The van der Waals surface area contributed by atoms with Gasteiger partial charge in [0.2, 0.25) is 0 Å². The second kappa shape index (κ2) is 9.61. The molecule has 0 saturated heterocycles. The molecule has 0 aliphatic heterocycles. The number of hydrogen-bond acceptors (Lipinski definition) is 4. The zero-order valence-electron chi connectivity index (χ0n) is 15.8. The Morgan fingerprint density at radius 1 is 1.19 bits per heavy atom. The number of nitrogens with one attached hydrogen (secondary N) is 1. The third-order valence-corrected chi connectivity index (χ3v) is 3.99. The average molecular weight is 354 g/mol. The van der Waals surface area contributed by atoms with Gasteiger partial charge in [-0.2, -0.15) is 5.10 Å². The van der Waals surface area contributed by atoms with E-state index in [9.17, 15) is 4.79 Å². The Hall–Kier alpha value is -2.82. The molecule has 1 aromatic carbocycles. The first kappa shape index (κ1) is 19.5. The normalized spacial score (nSPS) is 12.2. The molecule has 5 heteroatoms. The number of aromatic nitrogens is 2. The van der Waals surface area contributed by atoms with Crippen LogP contribution in [0.2, 0.25) is 0 Å². The molecule has 0 bridgehead atoms. The van der Waals surface area contributed by atoms with Crippen LogP contribution in [0.5, 0.6) is 0 Å². The summed E-state index contributed by atoms with van der Waals surface area (Å²) in [5.74, 6) is 0.552. The van der Waals surface area contributed by atoms with Crippen LogP contribution < -0.4 is 0 Å². The van der Waals surface area contributed by atoms with Crippen molar-refractivity contribution in [2.24, 2.45) is 0 Å². The summed E-state index contributed by atoms with van der Waals surface area (Å²) in [7, 11) is 1.37. The zero-order valence-corrected chi connectivity index (χ0v) is 15.8. The van der Waals surface area contributed by atoms with E-state index in [0.717, 1.165) is 47.7 Å². The van der Waals surface area contributed by atoms with Crippen LogP contribution in [-0.2, 0) is 9.47 Å². The summed E-state index contributed by atoms with van der Waals surface area (Å²) in [5.41, 5.74) is 4.28. The lowest BCUT2D eigenvalue weighted by Gasteiger charge is -2.03. The molecule has 0 radical (unpaired) electrons. The maximum atomic E-state index is 11.5. The third-order valence-electron chi connectivity index (χ3n) is 3.99. The van der Waals surface area contributed by atoms with Gasteiger partial charge in [0.1, 0.15) is 0 Å². The molecule has 0 saturated carbocycles. The van der Waals surface area contributed by atoms with Gasteiger partial charge >= 0.3 is 5.97 Å². The van der Waals surface area contributed by atoms with Gasteiger partial charge in [-0.25, -0.2) is 4.79 Å². The van der Waals surface area contributed by atoms with Gasteiger partial charge in [0.05, 0.1) is 36.4 Å². The maximum Gasteiger partial charge on any atom is 0.337 e. The molecule has 2 aromatic rings. The van der Waals surface area contributed by atoms with Crippen molar-refractivity contribution < 1.29 is 14.3 Å². The van der Waals surface area contributed by atoms with Crippen molar-refractivity contribution in [2.75, 3.05) is 13.7 Å². The van der Waals surface area contributed by atoms with Crippen LogP contribution in [0.15, 0.2) is 48.2 Å². The second-order valence-electron chi connectivity index (χ2n) is 6.06. The molecule has 0 spiro atoms. The Morgan fingerprint density at radius 3 is 2.58 bits per heavy atom. The average Bonchev–Trinajstić information content (AvgIpc) is 3.16. The van der Waals surface area contributed by atoms with Crippen LogP contribution in [0, 0.1) is 0 Å². The lowest BCUT2D eigenvalue weighted by Crippen LogP contribution is -2.00. The highest BCUT2D eigenvalue weighted by Crippen LogP contribution is 2.22.